The van der Waals surface area contributed by atoms with Gasteiger partial charge in [0.2, 0.25) is 0 Å². The summed E-state index contributed by atoms with van der Waals surface area (Å²) in [5, 5.41) is 19.7. The quantitative estimate of drug-likeness (QED) is 0.683. The molecule has 1 N–H and O–H groups in total. The average molecular weight is 276 g/mol. The summed E-state index contributed by atoms with van der Waals surface area (Å²) in [6.07, 6.45) is 0.883. The van der Waals surface area contributed by atoms with Crippen molar-refractivity contribution in [1.29, 1.82) is 0 Å². The Morgan fingerprint density at radius 2 is 1.71 bits per heavy atom. The minimum absolute atomic E-state index is 0.185. The third-order valence-electron chi connectivity index (χ3n) is 3.49. The van der Waals surface area contributed by atoms with Gasteiger partial charge in [0.1, 0.15) is 5.69 Å². The fourth-order valence-corrected chi connectivity index (χ4v) is 2.48. The van der Waals surface area contributed by atoms with Crippen molar-refractivity contribution in [3.8, 4) is 5.75 Å². The lowest BCUT2D eigenvalue weighted by Crippen LogP contribution is -1.88. The van der Waals surface area contributed by atoms with Crippen molar-refractivity contribution in [2.75, 3.05) is 7.05 Å². The first-order valence-corrected chi connectivity index (χ1v) is 6.86. The van der Waals surface area contributed by atoms with Crippen molar-refractivity contribution in [2.45, 2.75) is 6.42 Å². The summed E-state index contributed by atoms with van der Waals surface area (Å²) in [5.41, 5.74) is 3.00. The van der Waals surface area contributed by atoms with E-state index in [0.717, 1.165) is 17.2 Å². The highest BCUT2D eigenvalue weighted by molar-refractivity contribution is 5.92. The Balaban J connectivity index is 1.99. The number of hydrogen-bond donors (Lipinski definition) is 1. The van der Waals surface area contributed by atoms with Crippen LogP contribution in [0.4, 0.5) is 5.69 Å². The van der Waals surface area contributed by atoms with E-state index in [1.807, 2.05) is 36.4 Å². The SMILES string of the molecule is CN=Nc1ccc2cc(Cc3ccccc3)ccc2c1O. The van der Waals surface area contributed by atoms with E-state index in [-0.39, 0.29) is 5.75 Å². The molecule has 0 aromatic heterocycles. The normalized spacial score (nSPS) is 11.3. The third kappa shape index (κ3) is 2.77. The van der Waals surface area contributed by atoms with Crippen molar-refractivity contribution in [1.82, 2.24) is 0 Å². The molecular formula is C18H16N2O. The van der Waals surface area contributed by atoms with Gasteiger partial charge in [0.15, 0.2) is 5.75 Å². The zero-order valence-corrected chi connectivity index (χ0v) is 11.8. The van der Waals surface area contributed by atoms with Crippen LogP contribution in [0.5, 0.6) is 5.75 Å². The molecule has 0 amide bonds. The molecular weight excluding hydrogens is 260 g/mol. The predicted octanol–water partition coefficient (Wildman–Crippen LogP) is 4.85. The summed E-state index contributed by atoms with van der Waals surface area (Å²) in [6, 6.07) is 20.2. The Bertz CT molecular complexity index is 795. The average Bonchev–Trinajstić information content (AvgIpc) is 2.51. The molecule has 3 aromatic rings. The first-order valence-electron chi connectivity index (χ1n) is 6.86. The Labute approximate surface area is 123 Å². The molecule has 3 aromatic carbocycles. The Morgan fingerprint density at radius 3 is 2.48 bits per heavy atom. The van der Waals surface area contributed by atoms with Gasteiger partial charge in [-0.15, -0.1) is 0 Å². The number of hydrogen-bond acceptors (Lipinski definition) is 3. The van der Waals surface area contributed by atoms with E-state index in [4.69, 9.17) is 0 Å². The molecule has 3 heteroatoms. The second kappa shape index (κ2) is 5.75. The lowest BCUT2D eigenvalue weighted by molar-refractivity contribution is 0.482. The summed E-state index contributed by atoms with van der Waals surface area (Å²) in [5.74, 6) is 0.185. The number of aromatic hydroxyl groups is 1. The maximum atomic E-state index is 10.2. The number of fused-ring (bicyclic) bond motifs is 1. The van der Waals surface area contributed by atoms with Gasteiger partial charge in [-0.05, 0) is 29.0 Å². The van der Waals surface area contributed by atoms with Gasteiger partial charge in [-0.25, -0.2) is 0 Å². The summed E-state index contributed by atoms with van der Waals surface area (Å²) >= 11 is 0. The topological polar surface area (TPSA) is 45.0 Å². The van der Waals surface area contributed by atoms with Gasteiger partial charge < -0.3 is 5.11 Å². The van der Waals surface area contributed by atoms with Crippen molar-refractivity contribution in [3.05, 3.63) is 71.8 Å². The van der Waals surface area contributed by atoms with E-state index in [1.54, 1.807) is 13.1 Å². The second-order valence-corrected chi connectivity index (χ2v) is 4.95. The molecule has 0 fully saturated rings. The molecule has 0 bridgehead atoms. The highest BCUT2D eigenvalue weighted by atomic mass is 16.3. The Hall–Kier alpha value is -2.68. The number of nitrogens with zero attached hydrogens (tertiary/aromatic N) is 2. The predicted molar refractivity (Wildman–Crippen MR) is 85.3 cm³/mol. The first kappa shape index (κ1) is 13.3. The first-order chi connectivity index (χ1) is 10.3. The molecule has 0 aliphatic rings. The lowest BCUT2D eigenvalue weighted by Gasteiger charge is -2.07. The van der Waals surface area contributed by atoms with E-state index in [2.05, 4.69) is 28.4 Å². The number of phenolic OH excluding ortho intramolecular Hbond substituents is 1. The van der Waals surface area contributed by atoms with Gasteiger partial charge >= 0.3 is 0 Å². The van der Waals surface area contributed by atoms with Crippen molar-refractivity contribution in [3.63, 3.8) is 0 Å². The minimum Gasteiger partial charge on any atom is -0.505 e. The molecule has 0 heterocycles. The molecule has 0 aliphatic carbocycles. The second-order valence-electron chi connectivity index (χ2n) is 4.95. The maximum absolute atomic E-state index is 10.2. The van der Waals surface area contributed by atoms with Crippen LogP contribution in [0.1, 0.15) is 11.1 Å². The molecule has 104 valence electrons. The number of phenols is 1. The zero-order chi connectivity index (χ0) is 14.7. The minimum atomic E-state index is 0.185. The van der Waals surface area contributed by atoms with Crippen LogP contribution in [-0.4, -0.2) is 12.2 Å². The van der Waals surface area contributed by atoms with Crippen LogP contribution in [0.2, 0.25) is 0 Å². The molecule has 0 unspecified atom stereocenters. The molecule has 0 radical (unpaired) electrons. The van der Waals surface area contributed by atoms with E-state index in [9.17, 15) is 5.11 Å². The Kier molecular flexibility index (Phi) is 3.65. The molecule has 0 aliphatic heterocycles. The van der Waals surface area contributed by atoms with E-state index < -0.39 is 0 Å². The number of rotatable bonds is 3. The van der Waals surface area contributed by atoms with E-state index in [0.29, 0.717) is 5.69 Å². The maximum Gasteiger partial charge on any atom is 0.150 e. The summed E-state index contributed by atoms with van der Waals surface area (Å²) < 4.78 is 0. The van der Waals surface area contributed by atoms with Crippen molar-refractivity contribution in [2.24, 2.45) is 10.2 Å². The van der Waals surface area contributed by atoms with Crippen LogP contribution in [0.15, 0.2) is 70.9 Å². The van der Waals surface area contributed by atoms with Crippen molar-refractivity contribution >= 4 is 16.5 Å². The fraction of sp³-hybridized carbons (Fsp3) is 0.111. The van der Waals surface area contributed by atoms with Crippen LogP contribution >= 0.6 is 0 Å². The van der Waals surface area contributed by atoms with Gasteiger partial charge in [-0.2, -0.15) is 10.2 Å². The molecule has 21 heavy (non-hydrogen) atoms. The summed E-state index contributed by atoms with van der Waals surface area (Å²) in [6.45, 7) is 0. The van der Waals surface area contributed by atoms with Crippen LogP contribution in [-0.2, 0) is 6.42 Å². The van der Waals surface area contributed by atoms with Gasteiger partial charge in [-0.1, -0.05) is 54.6 Å². The highest BCUT2D eigenvalue weighted by Crippen LogP contribution is 2.35. The smallest absolute Gasteiger partial charge is 0.150 e. The van der Waals surface area contributed by atoms with Gasteiger partial charge in [0, 0.05) is 12.4 Å². The van der Waals surface area contributed by atoms with E-state index >= 15 is 0 Å². The van der Waals surface area contributed by atoms with Crippen molar-refractivity contribution < 1.29 is 5.11 Å². The molecule has 0 saturated carbocycles. The van der Waals surface area contributed by atoms with Gasteiger partial charge in [0.25, 0.3) is 0 Å². The summed E-state index contributed by atoms with van der Waals surface area (Å²) in [4.78, 5) is 0. The third-order valence-corrected chi connectivity index (χ3v) is 3.49. The molecule has 3 nitrogen and oxygen atoms in total. The Morgan fingerprint density at radius 1 is 0.905 bits per heavy atom. The van der Waals surface area contributed by atoms with Crippen LogP contribution in [0.3, 0.4) is 0 Å². The lowest BCUT2D eigenvalue weighted by atomic mass is 10.0. The summed E-state index contributed by atoms with van der Waals surface area (Å²) in [7, 11) is 1.59. The number of benzene rings is 3. The molecule has 0 spiro atoms. The van der Waals surface area contributed by atoms with Crippen LogP contribution in [0, 0.1) is 0 Å². The standard InChI is InChI=1S/C18H16N2O/c1-19-20-17-10-8-15-12-14(7-9-16(15)18(17)21)11-13-5-3-2-4-6-13/h2-10,12,21H,11H2,1H3. The van der Waals surface area contributed by atoms with Crippen LogP contribution in [0.25, 0.3) is 10.8 Å². The van der Waals surface area contributed by atoms with Gasteiger partial charge in [-0.3, -0.25) is 0 Å². The molecule has 3 rings (SSSR count). The largest absolute Gasteiger partial charge is 0.505 e. The van der Waals surface area contributed by atoms with Gasteiger partial charge in [0.05, 0.1) is 0 Å². The van der Waals surface area contributed by atoms with E-state index in [1.165, 1.54) is 11.1 Å². The van der Waals surface area contributed by atoms with Crippen LogP contribution < -0.4 is 0 Å². The molecule has 0 saturated heterocycles. The highest BCUT2D eigenvalue weighted by Gasteiger charge is 2.06. The zero-order valence-electron chi connectivity index (χ0n) is 11.8. The number of azo groups is 1. The monoisotopic (exact) mass is 276 g/mol. The molecule has 0 atom stereocenters. The fourth-order valence-electron chi connectivity index (χ4n) is 2.48.